The summed E-state index contributed by atoms with van der Waals surface area (Å²) in [5.41, 5.74) is 0. The molecule has 0 aromatic carbocycles. The third kappa shape index (κ3) is 4.51. The third-order valence-electron chi connectivity index (χ3n) is 4.37. The van der Waals surface area contributed by atoms with Gasteiger partial charge in [-0.1, -0.05) is 45.4 Å². The van der Waals surface area contributed by atoms with Crippen LogP contribution in [0.5, 0.6) is 0 Å². The number of aliphatic carboxylic acids is 1. The van der Waals surface area contributed by atoms with Crippen LogP contribution in [0.3, 0.4) is 0 Å². The molecule has 1 aromatic heterocycles. The summed E-state index contributed by atoms with van der Waals surface area (Å²) < 4.78 is 1.80. The van der Waals surface area contributed by atoms with Crippen LogP contribution in [0.4, 0.5) is 0 Å². The molecular weight excluding hydrogens is 268 g/mol. The maximum absolute atomic E-state index is 11.1. The number of carboxylic acid groups (broad SMARTS) is 1. The van der Waals surface area contributed by atoms with Crippen LogP contribution in [0.25, 0.3) is 0 Å². The molecular formula is C15H26N4O2. The molecule has 21 heavy (non-hydrogen) atoms. The van der Waals surface area contributed by atoms with Gasteiger partial charge in [0.05, 0.1) is 12.5 Å². The highest BCUT2D eigenvalue weighted by Gasteiger charge is 2.25. The van der Waals surface area contributed by atoms with Gasteiger partial charge in [-0.2, -0.15) is 0 Å². The molecule has 6 nitrogen and oxygen atoms in total. The highest BCUT2D eigenvalue weighted by molar-refractivity contribution is 5.67. The highest BCUT2D eigenvalue weighted by Crippen LogP contribution is 2.31. The maximum Gasteiger partial charge on any atom is 0.305 e. The predicted octanol–water partition coefficient (Wildman–Crippen LogP) is 3.32. The summed E-state index contributed by atoms with van der Waals surface area (Å²) in [6, 6.07) is -0.122. The summed E-state index contributed by atoms with van der Waals surface area (Å²) >= 11 is 0. The van der Waals surface area contributed by atoms with Gasteiger partial charge in [-0.15, -0.1) is 5.10 Å². The number of nitrogens with zero attached hydrogens (tertiary/aromatic N) is 4. The van der Waals surface area contributed by atoms with Crippen molar-refractivity contribution in [2.24, 2.45) is 0 Å². The van der Waals surface area contributed by atoms with Crippen molar-refractivity contribution in [1.82, 2.24) is 20.2 Å². The molecule has 1 heterocycles. The SMILES string of the molecule is CCCC(CC(=O)O)n1nnnc1C1CCCCCCC1. The molecule has 1 atom stereocenters. The van der Waals surface area contributed by atoms with E-state index < -0.39 is 5.97 Å². The van der Waals surface area contributed by atoms with Gasteiger partial charge in [0.25, 0.3) is 0 Å². The van der Waals surface area contributed by atoms with Gasteiger partial charge in [0, 0.05) is 5.92 Å². The lowest BCUT2D eigenvalue weighted by atomic mass is 9.90. The van der Waals surface area contributed by atoms with Crippen LogP contribution in [-0.4, -0.2) is 31.3 Å². The Kier molecular flexibility index (Phi) is 6.14. The van der Waals surface area contributed by atoms with Gasteiger partial charge in [0.15, 0.2) is 5.82 Å². The molecule has 0 saturated heterocycles. The van der Waals surface area contributed by atoms with Crippen LogP contribution in [0, 0.1) is 0 Å². The summed E-state index contributed by atoms with van der Waals surface area (Å²) in [6.07, 6.45) is 10.4. The van der Waals surface area contributed by atoms with E-state index in [4.69, 9.17) is 5.11 Å². The summed E-state index contributed by atoms with van der Waals surface area (Å²) in [5, 5.41) is 21.3. The van der Waals surface area contributed by atoms with Crippen molar-refractivity contribution in [3.8, 4) is 0 Å². The van der Waals surface area contributed by atoms with Crippen molar-refractivity contribution < 1.29 is 9.90 Å². The van der Waals surface area contributed by atoms with E-state index in [9.17, 15) is 4.79 Å². The molecule has 1 aromatic rings. The average molecular weight is 294 g/mol. The fourth-order valence-electron chi connectivity index (χ4n) is 3.29. The Labute approximate surface area is 125 Å². The molecule has 0 amide bonds. The standard InChI is InChI=1S/C15H26N4O2/c1-2-8-13(11-14(20)21)19-15(16-17-18-19)12-9-6-4-3-5-7-10-12/h12-13H,2-11H2,1H3,(H,20,21). The minimum absolute atomic E-state index is 0.0958. The lowest BCUT2D eigenvalue weighted by Crippen LogP contribution is -2.20. The first-order valence-electron chi connectivity index (χ1n) is 8.22. The van der Waals surface area contributed by atoms with Crippen LogP contribution >= 0.6 is 0 Å². The number of hydrogen-bond acceptors (Lipinski definition) is 4. The van der Waals surface area contributed by atoms with E-state index in [0.29, 0.717) is 5.92 Å². The molecule has 0 aliphatic heterocycles. The number of tetrazole rings is 1. The van der Waals surface area contributed by atoms with Crippen LogP contribution in [-0.2, 0) is 4.79 Å². The summed E-state index contributed by atoms with van der Waals surface area (Å²) in [7, 11) is 0. The van der Waals surface area contributed by atoms with Gasteiger partial charge in [-0.05, 0) is 29.7 Å². The summed E-state index contributed by atoms with van der Waals surface area (Å²) in [5.74, 6) is 0.498. The zero-order chi connectivity index (χ0) is 15.1. The fraction of sp³-hybridized carbons (Fsp3) is 0.867. The molecule has 1 fully saturated rings. The lowest BCUT2D eigenvalue weighted by molar-refractivity contribution is -0.138. The van der Waals surface area contributed by atoms with Crippen molar-refractivity contribution in [2.45, 2.75) is 83.1 Å². The first kappa shape index (κ1) is 15.9. The van der Waals surface area contributed by atoms with Crippen LogP contribution in [0.2, 0.25) is 0 Å². The monoisotopic (exact) mass is 294 g/mol. The van der Waals surface area contributed by atoms with Gasteiger partial charge in [0.2, 0.25) is 0 Å². The second kappa shape index (κ2) is 8.10. The topological polar surface area (TPSA) is 80.9 Å². The lowest BCUT2D eigenvalue weighted by Gasteiger charge is -2.22. The zero-order valence-corrected chi connectivity index (χ0v) is 12.9. The Hall–Kier alpha value is -1.46. The second-order valence-corrected chi connectivity index (χ2v) is 6.06. The van der Waals surface area contributed by atoms with Crippen LogP contribution in [0.1, 0.15) is 88.9 Å². The molecule has 1 aliphatic carbocycles. The number of aromatic nitrogens is 4. The van der Waals surface area contributed by atoms with Crippen LogP contribution in [0.15, 0.2) is 0 Å². The minimum Gasteiger partial charge on any atom is -0.481 e. The number of hydrogen-bond donors (Lipinski definition) is 1. The molecule has 1 aliphatic rings. The molecule has 1 N–H and O–H groups in total. The van der Waals surface area contributed by atoms with Gasteiger partial charge in [0.1, 0.15) is 0 Å². The number of carboxylic acids is 1. The molecule has 1 saturated carbocycles. The van der Waals surface area contributed by atoms with Crippen molar-refractivity contribution >= 4 is 5.97 Å². The van der Waals surface area contributed by atoms with E-state index in [-0.39, 0.29) is 12.5 Å². The first-order chi connectivity index (χ1) is 10.2. The van der Waals surface area contributed by atoms with Gasteiger partial charge >= 0.3 is 5.97 Å². The Morgan fingerprint density at radius 3 is 2.57 bits per heavy atom. The molecule has 1 unspecified atom stereocenters. The van der Waals surface area contributed by atoms with Gasteiger partial charge < -0.3 is 5.11 Å². The van der Waals surface area contributed by atoms with E-state index in [1.807, 2.05) is 0 Å². The smallest absolute Gasteiger partial charge is 0.305 e. The molecule has 2 rings (SSSR count). The Bertz CT molecular complexity index is 439. The van der Waals surface area contributed by atoms with E-state index in [1.165, 1.54) is 32.1 Å². The van der Waals surface area contributed by atoms with Crippen molar-refractivity contribution in [3.05, 3.63) is 5.82 Å². The summed E-state index contributed by atoms with van der Waals surface area (Å²) in [6.45, 7) is 2.06. The summed E-state index contributed by atoms with van der Waals surface area (Å²) in [4.78, 5) is 11.1. The van der Waals surface area contributed by atoms with Gasteiger partial charge in [-0.25, -0.2) is 4.68 Å². The highest BCUT2D eigenvalue weighted by atomic mass is 16.4. The molecule has 0 radical (unpaired) electrons. The third-order valence-corrected chi connectivity index (χ3v) is 4.37. The van der Waals surface area contributed by atoms with Gasteiger partial charge in [-0.3, -0.25) is 4.79 Å². The first-order valence-corrected chi connectivity index (χ1v) is 8.22. The largest absolute Gasteiger partial charge is 0.481 e. The number of rotatable bonds is 6. The quantitative estimate of drug-likeness (QED) is 0.870. The predicted molar refractivity (Wildman–Crippen MR) is 79.1 cm³/mol. The van der Waals surface area contributed by atoms with Crippen molar-refractivity contribution in [1.29, 1.82) is 0 Å². The number of carbonyl (C=O) groups is 1. The Morgan fingerprint density at radius 1 is 1.29 bits per heavy atom. The fourth-order valence-corrected chi connectivity index (χ4v) is 3.29. The van der Waals surface area contributed by atoms with E-state index in [0.717, 1.165) is 31.5 Å². The van der Waals surface area contributed by atoms with Crippen molar-refractivity contribution in [2.75, 3.05) is 0 Å². The Balaban J connectivity index is 2.15. The van der Waals surface area contributed by atoms with Crippen LogP contribution < -0.4 is 0 Å². The second-order valence-electron chi connectivity index (χ2n) is 6.06. The van der Waals surface area contributed by atoms with E-state index in [1.54, 1.807) is 4.68 Å². The zero-order valence-electron chi connectivity index (χ0n) is 12.9. The minimum atomic E-state index is -0.785. The Morgan fingerprint density at radius 2 is 1.95 bits per heavy atom. The van der Waals surface area contributed by atoms with E-state index >= 15 is 0 Å². The molecule has 0 spiro atoms. The average Bonchev–Trinajstić information content (AvgIpc) is 2.86. The van der Waals surface area contributed by atoms with Crippen molar-refractivity contribution in [3.63, 3.8) is 0 Å². The maximum atomic E-state index is 11.1. The molecule has 6 heteroatoms. The molecule has 118 valence electrons. The normalized spacial score (nSPS) is 18.9. The molecule has 0 bridgehead atoms. The van der Waals surface area contributed by atoms with E-state index in [2.05, 4.69) is 22.4 Å².